The summed E-state index contributed by atoms with van der Waals surface area (Å²) in [5.41, 5.74) is -1.16. The van der Waals surface area contributed by atoms with Gasteiger partial charge in [0.1, 0.15) is 5.75 Å². The van der Waals surface area contributed by atoms with Crippen LogP contribution in [0.15, 0.2) is 12.1 Å². The van der Waals surface area contributed by atoms with Crippen LogP contribution in [0.1, 0.15) is 11.1 Å². The number of phenolic OH excluding ortho intramolecular Hbond substituents is 1. The molecule has 0 aliphatic heterocycles. The molecule has 1 aromatic rings. The molecule has 0 bridgehead atoms. The Bertz CT molecular complexity index is 376. The van der Waals surface area contributed by atoms with E-state index in [1.165, 1.54) is 0 Å². The van der Waals surface area contributed by atoms with Gasteiger partial charge in [0.15, 0.2) is 0 Å². The van der Waals surface area contributed by atoms with Gasteiger partial charge in [0.25, 0.3) is 0 Å². The van der Waals surface area contributed by atoms with E-state index < -0.39 is 22.5 Å². The monoisotopic (exact) mass is 223 g/mol. The van der Waals surface area contributed by atoms with E-state index in [9.17, 15) is 13.2 Å². The van der Waals surface area contributed by atoms with Gasteiger partial charge in [-0.05, 0) is 12.1 Å². The highest BCUT2D eigenvalue weighted by Crippen LogP contribution is 2.37. The van der Waals surface area contributed by atoms with Gasteiger partial charge in [-0.3, -0.25) is 0 Å². The van der Waals surface area contributed by atoms with Crippen molar-refractivity contribution in [3.63, 3.8) is 0 Å². The third kappa shape index (κ3) is 1.98. The van der Waals surface area contributed by atoms with Gasteiger partial charge in [0.05, 0.1) is 10.6 Å². The van der Waals surface area contributed by atoms with Crippen LogP contribution in [0.5, 0.6) is 5.75 Å². The molecular weight excluding hydrogens is 219 g/mol. The summed E-state index contributed by atoms with van der Waals surface area (Å²) in [6, 6.07) is 1.40. The second kappa shape index (κ2) is 3.49. The molecule has 0 unspecified atom stereocenters. The summed E-state index contributed by atoms with van der Waals surface area (Å²) in [7, 11) is 0. The molecule has 2 N–H and O–H groups in total. The topological polar surface area (TPSA) is 44.1 Å². The molecule has 0 atom stereocenters. The zero-order chi connectivity index (χ0) is 10.9. The quantitative estimate of drug-likeness (QED) is 0.706. The Kier molecular flexibility index (Phi) is 2.71. The molecule has 0 aliphatic carbocycles. The van der Waals surface area contributed by atoms with Crippen LogP contribution in [0.3, 0.4) is 0 Å². The largest absolute Gasteiger partial charge is 0.507 e. The molecule has 6 heteroatoms. The van der Waals surface area contributed by atoms with E-state index in [0.717, 1.165) is 12.3 Å². The van der Waals surface area contributed by atoms with Crippen LogP contribution in [-0.4, -0.2) is 11.3 Å². The van der Waals surface area contributed by atoms with Crippen molar-refractivity contribution < 1.29 is 18.3 Å². The highest BCUT2D eigenvalue weighted by molar-refractivity contribution is 6.31. The zero-order valence-corrected chi connectivity index (χ0v) is 7.45. The van der Waals surface area contributed by atoms with Crippen molar-refractivity contribution in [1.29, 1.82) is 5.41 Å². The Hall–Kier alpha value is -1.23. The van der Waals surface area contributed by atoms with E-state index in [2.05, 4.69) is 0 Å². The van der Waals surface area contributed by atoms with E-state index in [-0.39, 0.29) is 5.56 Å². The fourth-order valence-electron chi connectivity index (χ4n) is 0.910. The number of phenols is 1. The first-order valence-corrected chi connectivity index (χ1v) is 3.84. The summed E-state index contributed by atoms with van der Waals surface area (Å²) in [5, 5.41) is 15.3. The van der Waals surface area contributed by atoms with Crippen LogP contribution < -0.4 is 0 Å². The minimum Gasteiger partial charge on any atom is -0.507 e. The summed E-state index contributed by atoms with van der Waals surface area (Å²) >= 11 is 5.33. The van der Waals surface area contributed by atoms with Gasteiger partial charge in [0.2, 0.25) is 0 Å². The lowest BCUT2D eigenvalue weighted by Gasteiger charge is -2.10. The van der Waals surface area contributed by atoms with Crippen molar-refractivity contribution in [1.82, 2.24) is 0 Å². The number of benzene rings is 1. The molecule has 0 saturated carbocycles. The average molecular weight is 224 g/mol. The number of hydrogen-bond donors (Lipinski definition) is 2. The molecule has 0 amide bonds. The Labute approximate surface area is 82.4 Å². The molecule has 76 valence electrons. The average Bonchev–Trinajstić information content (AvgIpc) is 2.06. The molecular formula is C8H5ClF3NO. The van der Waals surface area contributed by atoms with Crippen molar-refractivity contribution in [2.75, 3.05) is 0 Å². The van der Waals surface area contributed by atoms with Crippen LogP contribution >= 0.6 is 11.6 Å². The molecule has 2 nitrogen and oxygen atoms in total. The maximum atomic E-state index is 12.2. The fraction of sp³-hybridized carbons (Fsp3) is 0.125. The van der Waals surface area contributed by atoms with Crippen LogP contribution in [0.4, 0.5) is 13.2 Å². The highest BCUT2D eigenvalue weighted by atomic mass is 35.5. The lowest BCUT2D eigenvalue weighted by Crippen LogP contribution is -2.06. The Morgan fingerprint density at radius 2 is 1.93 bits per heavy atom. The normalized spacial score (nSPS) is 11.4. The first-order chi connectivity index (χ1) is 6.36. The van der Waals surface area contributed by atoms with Gasteiger partial charge >= 0.3 is 6.18 Å². The standard InChI is InChI=1S/C8H5ClF3NO/c9-6-1-4(3-13)7(14)2-5(6)8(10,11)12/h1-3,13-14H. The molecule has 0 fully saturated rings. The zero-order valence-electron chi connectivity index (χ0n) is 6.69. The maximum absolute atomic E-state index is 12.2. The molecule has 1 rings (SSSR count). The summed E-state index contributed by atoms with van der Waals surface area (Å²) in [4.78, 5) is 0. The number of aromatic hydroxyl groups is 1. The number of hydrogen-bond acceptors (Lipinski definition) is 2. The highest BCUT2D eigenvalue weighted by Gasteiger charge is 2.33. The predicted molar refractivity (Wildman–Crippen MR) is 46.0 cm³/mol. The van der Waals surface area contributed by atoms with Crippen molar-refractivity contribution >= 4 is 17.8 Å². The van der Waals surface area contributed by atoms with Gasteiger partial charge < -0.3 is 10.5 Å². The van der Waals surface area contributed by atoms with Crippen molar-refractivity contribution in [2.45, 2.75) is 6.18 Å². The van der Waals surface area contributed by atoms with E-state index in [0.29, 0.717) is 6.07 Å². The Balaban J connectivity index is 3.36. The second-order valence-corrected chi connectivity index (χ2v) is 2.94. The van der Waals surface area contributed by atoms with Crippen molar-refractivity contribution in [3.8, 4) is 5.75 Å². The SMILES string of the molecule is N=Cc1cc(Cl)c(C(F)(F)F)cc1O. The van der Waals surface area contributed by atoms with Crippen molar-refractivity contribution in [2.24, 2.45) is 0 Å². The molecule has 0 aromatic heterocycles. The predicted octanol–water partition coefficient (Wildman–Crippen LogP) is 3.06. The minimum atomic E-state index is -4.60. The molecule has 0 saturated heterocycles. The molecule has 0 heterocycles. The molecule has 1 aromatic carbocycles. The van der Waals surface area contributed by atoms with Crippen molar-refractivity contribution in [3.05, 3.63) is 28.3 Å². The summed E-state index contributed by atoms with van der Waals surface area (Å²) < 4.78 is 36.6. The van der Waals surface area contributed by atoms with Crippen LogP contribution in [0.2, 0.25) is 5.02 Å². The lowest BCUT2D eigenvalue weighted by atomic mass is 10.1. The maximum Gasteiger partial charge on any atom is 0.417 e. The summed E-state index contributed by atoms with van der Waals surface area (Å²) in [5.74, 6) is -0.614. The number of halogens is 4. The van der Waals surface area contributed by atoms with E-state index in [4.69, 9.17) is 22.1 Å². The third-order valence-electron chi connectivity index (χ3n) is 1.58. The van der Waals surface area contributed by atoms with Gasteiger partial charge in [-0.2, -0.15) is 13.2 Å². The van der Waals surface area contributed by atoms with Gasteiger partial charge in [-0.15, -0.1) is 0 Å². The lowest BCUT2D eigenvalue weighted by molar-refractivity contribution is -0.137. The molecule has 0 aliphatic rings. The molecule has 0 radical (unpaired) electrons. The summed E-state index contributed by atoms with van der Waals surface area (Å²) in [6.45, 7) is 0. The number of alkyl halides is 3. The van der Waals surface area contributed by atoms with Crippen LogP contribution in [-0.2, 0) is 6.18 Å². The fourth-order valence-corrected chi connectivity index (χ4v) is 1.19. The minimum absolute atomic E-state index is 0.0528. The first-order valence-electron chi connectivity index (χ1n) is 3.46. The van der Waals surface area contributed by atoms with Gasteiger partial charge in [-0.25, -0.2) is 0 Å². The first kappa shape index (κ1) is 10.8. The molecule has 0 spiro atoms. The number of rotatable bonds is 1. The van der Waals surface area contributed by atoms with Crippen LogP contribution in [0, 0.1) is 5.41 Å². The second-order valence-electron chi connectivity index (χ2n) is 2.53. The smallest absolute Gasteiger partial charge is 0.417 e. The third-order valence-corrected chi connectivity index (χ3v) is 1.89. The van der Waals surface area contributed by atoms with Crippen LogP contribution in [0.25, 0.3) is 0 Å². The Morgan fingerprint density at radius 1 is 1.36 bits per heavy atom. The Morgan fingerprint density at radius 3 is 2.36 bits per heavy atom. The number of nitrogens with one attached hydrogen (secondary N) is 1. The van der Waals surface area contributed by atoms with E-state index in [1.807, 2.05) is 0 Å². The summed E-state index contributed by atoms with van der Waals surface area (Å²) in [6.07, 6.45) is -3.88. The van der Waals surface area contributed by atoms with E-state index >= 15 is 0 Å². The van der Waals surface area contributed by atoms with Gasteiger partial charge in [-0.1, -0.05) is 11.6 Å². The van der Waals surface area contributed by atoms with E-state index in [1.54, 1.807) is 0 Å². The van der Waals surface area contributed by atoms with Gasteiger partial charge in [0, 0.05) is 11.8 Å². The molecule has 14 heavy (non-hydrogen) atoms.